The van der Waals surface area contributed by atoms with E-state index in [0.29, 0.717) is 0 Å². The Morgan fingerprint density at radius 1 is 1.14 bits per heavy atom. The summed E-state index contributed by atoms with van der Waals surface area (Å²) in [5.74, 6) is 0.842. The maximum atomic E-state index is 6.14. The number of nitrogens with one attached hydrogen (secondary N) is 2. The maximum absolute atomic E-state index is 6.14. The van der Waals surface area contributed by atoms with Crippen molar-refractivity contribution in [3.05, 3.63) is 34.9 Å². The monoisotopic (exact) mass is 438 g/mol. The molecule has 22 heavy (non-hydrogen) atoms. The summed E-state index contributed by atoms with van der Waals surface area (Å²) >= 11 is 6.14. The molecule has 0 unspecified atom stereocenters. The molecule has 0 aliphatic rings. The molecule has 4 nitrogen and oxygen atoms in total. The van der Waals surface area contributed by atoms with Gasteiger partial charge < -0.3 is 15.5 Å². The van der Waals surface area contributed by atoms with E-state index in [4.69, 9.17) is 11.6 Å². The minimum Gasteiger partial charge on any atom is -0.356 e. The van der Waals surface area contributed by atoms with Crippen molar-refractivity contribution in [1.82, 2.24) is 15.5 Å². The van der Waals surface area contributed by atoms with Gasteiger partial charge in [-0.1, -0.05) is 43.6 Å². The minimum absolute atomic E-state index is 0. The number of benzene rings is 1. The zero-order valence-corrected chi connectivity index (χ0v) is 16.8. The highest BCUT2D eigenvalue weighted by molar-refractivity contribution is 14.0. The van der Waals surface area contributed by atoms with Gasteiger partial charge in [0.1, 0.15) is 0 Å². The van der Waals surface area contributed by atoms with Crippen molar-refractivity contribution in [1.29, 1.82) is 0 Å². The first-order valence-corrected chi connectivity index (χ1v) is 7.99. The number of likely N-dealkylation sites (N-methyl/N-ethyl adjacent to an activating group) is 1. The van der Waals surface area contributed by atoms with Gasteiger partial charge in [-0.3, -0.25) is 4.99 Å². The second-order valence-electron chi connectivity index (χ2n) is 4.79. The van der Waals surface area contributed by atoms with Gasteiger partial charge in [0.15, 0.2) is 5.96 Å². The Morgan fingerprint density at radius 2 is 1.77 bits per heavy atom. The average Bonchev–Trinajstić information content (AvgIpc) is 2.51. The number of hydrogen-bond donors (Lipinski definition) is 2. The normalized spacial score (nSPS) is 11.2. The first kappa shape index (κ1) is 21.5. The first-order chi connectivity index (χ1) is 10.2. The van der Waals surface area contributed by atoms with Gasteiger partial charge in [-0.05, 0) is 31.1 Å². The molecule has 1 aromatic carbocycles. The summed E-state index contributed by atoms with van der Waals surface area (Å²) in [5, 5.41) is 7.47. The lowest BCUT2D eigenvalue weighted by Crippen LogP contribution is -2.42. The zero-order valence-electron chi connectivity index (χ0n) is 13.7. The molecule has 0 fully saturated rings. The van der Waals surface area contributed by atoms with Gasteiger partial charge in [0.05, 0.1) is 0 Å². The minimum atomic E-state index is 0. The van der Waals surface area contributed by atoms with E-state index in [1.54, 1.807) is 7.05 Å². The second kappa shape index (κ2) is 13.0. The van der Waals surface area contributed by atoms with E-state index in [2.05, 4.69) is 40.4 Å². The van der Waals surface area contributed by atoms with Crippen molar-refractivity contribution in [2.45, 2.75) is 20.3 Å². The van der Waals surface area contributed by atoms with Crippen LogP contribution in [0, 0.1) is 0 Å². The highest BCUT2D eigenvalue weighted by atomic mass is 127. The van der Waals surface area contributed by atoms with Crippen LogP contribution in [-0.2, 0) is 6.42 Å². The lowest BCUT2D eigenvalue weighted by atomic mass is 10.1. The smallest absolute Gasteiger partial charge is 0.191 e. The standard InChI is InChI=1S/C16H27ClN4.HI/c1-4-21(5-2)13-12-20-16(18-3)19-11-10-14-8-6-7-9-15(14)17;/h6-9H,4-5,10-13H2,1-3H3,(H2,18,19,20);1H. The SMILES string of the molecule is CCN(CC)CCNC(=NC)NCCc1ccccc1Cl.I. The van der Waals surface area contributed by atoms with E-state index in [1.807, 2.05) is 18.2 Å². The molecule has 0 atom stereocenters. The summed E-state index contributed by atoms with van der Waals surface area (Å²) in [7, 11) is 1.79. The molecule has 0 saturated carbocycles. The molecule has 0 saturated heterocycles. The number of halogens is 2. The Hall–Kier alpha value is -0.530. The van der Waals surface area contributed by atoms with Crippen LogP contribution in [0.1, 0.15) is 19.4 Å². The fourth-order valence-corrected chi connectivity index (χ4v) is 2.34. The van der Waals surface area contributed by atoms with Crippen LogP contribution in [0.2, 0.25) is 5.02 Å². The molecule has 0 aliphatic heterocycles. The molecular weight excluding hydrogens is 411 g/mol. The third kappa shape index (κ3) is 8.19. The van der Waals surface area contributed by atoms with Gasteiger partial charge in [-0.25, -0.2) is 0 Å². The number of aliphatic imine (C=N–C) groups is 1. The summed E-state index contributed by atoms with van der Waals surface area (Å²) in [6, 6.07) is 7.94. The maximum Gasteiger partial charge on any atom is 0.191 e. The molecule has 1 aromatic rings. The first-order valence-electron chi connectivity index (χ1n) is 7.61. The summed E-state index contributed by atoms with van der Waals surface area (Å²) in [6.45, 7) is 9.26. The Balaban J connectivity index is 0.00000441. The number of rotatable bonds is 8. The van der Waals surface area contributed by atoms with Crippen LogP contribution in [-0.4, -0.2) is 50.6 Å². The fourth-order valence-electron chi connectivity index (χ4n) is 2.11. The fraction of sp³-hybridized carbons (Fsp3) is 0.562. The molecule has 0 aromatic heterocycles. The van der Waals surface area contributed by atoms with E-state index in [1.165, 1.54) is 0 Å². The van der Waals surface area contributed by atoms with Crippen molar-refractivity contribution in [2.24, 2.45) is 4.99 Å². The van der Waals surface area contributed by atoms with Crippen LogP contribution in [0.15, 0.2) is 29.3 Å². The van der Waals surface area contributed by atoms with Crippen LogP contribution in [0.4, 0.5) is 0 Å². The quantitative estimate of drug-likeness (QED) is 0.372. The van der Waals surface area contributed by atoms with Crippen molar-refractivity contribution in [3.8, 4) is 0 Å². The Kier molecular flexibility index (Phi) is 12.6. The summed E-state index contributed by atoms with van der Waals surface area (Å²) in [4.78, 5) is 6.61. The zero-order chi connectivity index (χ0) is 15.5. The number of hydrogen-bond acceptors (Lipinski definition) is 2. The van der Waals surface area contributed by atoms with Crippen LogP contribution in [0.3, 0.4) is 0 Å². The van der Waals surface area contributed by atoms with Gasteiger partial charge in [0.2, 0.25) is 0 Å². The Bertz CT molecular complexity index is 436. The predicted octanol–water partition coefficient (Wildman–Crippen LogP) is 3.01. The molecule has 2 N–H and O–H groups in total. The Morgan fingerprint density at radius 3 is 2.36 bits per heavy atom. The molecule has 0 radical (unpaired) electrons. The lowest BCUT2D eigenvalue weighted by molar-refractivity contribution is 0.308. The average molecular weight is 439 g/mol. The molecular formula is C16H28ClIN4. The second-order valence-corrected chi connectivity index (χ2v) is 5.20. The molecule has 1 rings (SSSR count). The molecule has 0 amide bonds. The van der Waals surface area contributed by atoms with Crippen LogP contribution in [0.5, 0.6) is 0 Å². The van der Waals surface area contributed by atoms with Gasteiger partial charge in [-0.15, -0.1) is 24.0 Å². The highest BCUT2D eigenvalue weighted by Crippen LogP contribution is 2.14. The van der Waals surface area contributed by atoms with Crippen molar-refractivity contribution < 1.29 is 0 Å². The van der Waals surface area contributed by atoms with Gasteiger partial charge in [0, 0.05) is 31.7 Å². The van der Waals surface area contributed by atoms with Crippen LogP contribution < -0.4 is 10.6 Å². The molecule has 0 bridgehead atoms. The Labute approximate surface area is 156 Å². The van der Waals surface area contributed by atoms with E-state index in [0.717, 1.165) is 55.7 Å². The lowest BCUT2D eigenvalue weighted by Gasteiger charge is -2.19. The van der Waals surface area contributed by atoms with Gasteiger partial charge in [-0.2, -0.15) is 0 Å². The molecule has 0 heterocycles. The highest BCUT2D eigenvalue weighted by Gasteiger charge is 2.02. The third-order valence-corrected chi connectivity index (χ3v) is 3.85. The molecule has 0 aliphatic carbocycles. The number of guanidine groups is 1. The molecule has 0 spiro atoms. The van der Waals surface area contributed by atoms with E-state index in [9.17, 15) is 0 Å². The van der Waals surface area contributed by atoms with E-state index < -0.39 is 0 Å². The van der Waals surface area contributed by atoms with Gasteiger partial charge in [0.25, 0.3) is 0 Å². The molecule has 6 heteroatoms. The predicted molar refractivity (Wildman–Crippen MR) is 108 cm³/mol. The summed E-state index contributed by atoms with van der Waals surface area (Å²) in [6.07, 6.45) is 0.885. The van der Waals surface area contributed by atoms with E-state index >= 15 is 0 Å². The van der Waals surface area contributed by atoms with Crippen molar-refractivity contribution in [2.75, 3.05) is 39.8 Å². The van der Waals surface area contributed by atoms with Crippen molar-refractivity contribution in [3.63, 3.8) is 0 Å². The van der Waals surface area contributed by atoms with Crippen LogP contribution in [0.25, 0.3) is 0 Å². The van der Waals surface area contributed by atoms with E-state index in [-0.39, 0.29) is 24.0 Å². The number of nitrogens with zero attached hydrogens (tertiary/aromatic N) is 2. The van der Waals surface area contributed by atoms with Gasteiger partial charge >= 0.3 is 0 Å². The van der Waals surface area contributed by atoms with Crippen molar-refractivity contribution >= 4 is 41.5 Å². The summed E-state index contributed by atoms with van der Waals surface area (Å²) < 4.78 is 0. The molecule has 126 valence electrons. The topological polar surface area (TPSA) is 39.7 Å². The van der Waals surface area contributed by atoms with Crippen LogP contribution >= 0.6 is 35.6 Å². The summed E-state index contributed by atoms with van der Waals surface area (Å²) in [5.41, 5.74) is 1.16. The largest absolute Gasteiger partial charge is 0.356 e. The third-order valence-electron chi connectivity index (χ3n) is 3.48.